The Labute approximate surface area is 148 Å². The van der Waals surface area contributed by atoms with Gasteiger partial charge in [0, 0.05) is 11.8 Å². The Balaban J connectivity index is 2.28. The van der Waals surface area contributed by atoms with Crippen molar-refractivity contribution in [2.75, 3.05) is 0 Å². The van der Waals surface area contributed by atoms with E-state index in [-0.39, 0.29) is 10.8 Å². The Kier molecular flexibility index (Phi) is 6.83. The van der Waals surface area contributed by atoms with Crippen LogP contribution in [0.25, 0.3) is 0 Å². The molecule has 0 N–H and O–H groups in total. The van der Waals surface area contributed by atoms with Gasteiger partial charge in [0.1, 0.15) is 6.29 Å². The molecule has 0 amide bonds. The number of allylic oxidation sites excluding steroid dienone is 2. The van der Waals surface area contributed by atoms with Gasteiger partial charge in [0.15, 0.2) is 0 Å². The largest absolute Gasteiger partial charge is 0.303 e. The van der Waals surface area contributed by atoms with Gasteiger partial charge in [0.05, 0.1) is 0 Å². The molecule has 1 aromatic carbocycles. The van der Waals surface area contributed by atoms with Crippen molar-refractivity contribution in [1.82, 2.24) is 0 Å². The predicted octanol–water partition coefficient (Wildman–Crippen LogP) is 6.48. The van der Waals surface area contributed by atoms with E-state index < -0.39 is 0 Å². The average Bonchev–Trinajstić information content (AvgIpc) is 2.62. The van der Waals surface area contributed by atoms with Crippen LogP contribution in [-0.2, 0) is 10.2 Å². The number of carbonyl (C=O) groups is 1. The van der Waals surface area contributed by atoms with Gasteiger partial charge in [0.2, 0.25) is 0 Å². The molecule has 0 aromatic heterocycles. The summed E-state index contributed by atoms with van der Waals surface area (Å²) in [6, 6.07) is 10.8. The second-order valence-electron chi connectivity index (χ2n) is 8.08. The van der Waals surface area contributed by atoms with Gasteiger partial charge in [-0.05, 0) is 36.2 Å². The lowest BCUT2D eigenvalue weighted by Crippen LogP contribution is -2.29. The van der Waals surface area contributed by atoms with Crippen LogP contribution in [0.15, 0.2) is 42.5 Å². The molecule has 0 aliphatic heterocycles. The van der Waals surface area contributed by atoms with Crippen molar-refractivity contribution < 1.29 is 4.79 Å². The molecule has 0 saturated heterocycles. The Morgan fingerprint density at radius 3 is 2.29 bits per heavy atom. The molecular formula is C23H34O. The molecular weight excluding hydrogens is 292 g/mol. The molecule has 2 atom stereocenters. The lowest BCUT2D eigenvalue weighted by molar-refractivity contribution is -0.109. The first kappa shape index (κ1) is 19.0. The van der Waals surface area contributed by atoms with E-state index >= 15 is 0 Å². The molecule has 0 bridgehead atoms. The quantitative estimate of drug-likeness (QED) is 0.395. The highest BCUT2D eigenvalue weighted by molar-refractivity contribution is 5.51. The summed E-state index contributed by atoms with van der Waals surface area (Å²) in [6.07, 6.45) is 15.4. The number of rotatable bonds is 8. The van der Waals surface area contributed by atoms with E-state index in [1.54, 1.807) is 0 Å². The second-order valence-corrected chi connectivity index (χ2v) is 8.08. The van der Waals surface area contributed by atoms with E-state index in [0.717, 1.165) is 19.1 Å². The van der Waals surface area contributed by atoms with Crippen LogP contribution in [0.4, 0.5) is 0 Å². The molecule has 1 aliphatic carbocycles. The molecule has 24 heavy (non-hydrogen) atoms. The zero-order valence-electron chi connectivity index (χ0n) is 15.8. The normalized spacial score (nSPS) is 21.3. The minimum atomic E-state index is 0.00590. The Morgan fingerprint density at radius 2 is 1.71 bits per heavy atom. The summed E-state index contributed by atoms with van der Waals surface area (Å²) in [5.74, 6) is 0.648. The standard InChI is InChI=1S/C23H34O/c1-4-15-22(2,20-11-7-5-8-12-20)16-17-23(3,18-19-24)21-13-9-6-10-14-21/h5,7-8,11-12,16-17,19,21H,4,6,9-10,13-15,18H2,1-3H3/b17-16+/t22-,23-/m0/s1. The highest BCUT2D eigenvalue weighted by Gasteiger charge is 2.33. The van der Waals surface area contributed by atoms with Crippen molar-refractivity contribution in [3.63, 3.8) is 0 Å². The van der Waals surface area contributed by atoms with Gasteiger partial charge in [-0.2, -0.15) is 0 Å². The summed E-state index contributed by atoms with van der Waals surface area (Å²) in [5.41, 5.74) is 1.43. The lowest BCUT2D eigenvalue weighted by Gasteiger charge is -2.38. The van der Waals surface area contributed by atoms with E-state index in [2.05, 4.69) is 63.3 Å². The summed E-state index contributed by atoms with van der Waals surface area (Å²) in [7, 11) is 0. The van der Waals surface area contributed by atoms with Crippen LogP contribution in [0.1, 0.15) is 77.7 Å². The van der Waals surface area contributed by atoms with Gasteiger partial charge in [-0.25, -0.2) is 0 Å². The molecule has 0 unspecified atom stereocenters. The topological polar surface area (TPSA) is 17.1 Å². The molecule has 0 spiro atoms. The van der Waals surface area contributed by atoms with Crippen LogP contribution in [0.5, 0.6) is 0 Å². The van der Waals surface area contributed by atoms with Gasteiger partial charge in [-0.1, -0.05) is 88.9 Å². The van der Waals surface area contributed by atoms with Gasteiger partial charge < -0.3 is 4.79 Å². The number of hydrogen-bond donors (Lipinski definition) is 0. The first-order valence-electron chi connectivity index (χ1n) is 9.73. The maximum atomic E-state index is 11.3. The van der Waals surface area contributed by atoms with E-state index in [1.807, 2.05) is 0 Å². The molecule has 1 saturated carbocycles. The summed E-state index contributed by atoms with van der Waals surface area (Å²) >= 11 is 0. The van der Waals surface area contributed by atoms with E-state index in [1.165, 1.54) is 37.7 Å². The number of carbonyl (C=O) groups excluding carboxylic acids is 1. The fourth-order valence-corrected chi connectivity index (χ4v) is 4.35. The first-order chi connectivity index (χ1) is 11.5. The highest BCUT2D eigenvalue weighted by Crippen LogP contribution is 2.43. The third kappa shape index (κ3) is 4.59. The molecule has 1 heteroatoms. The summed E-state index contributed by atoms with van der Waals surface area (Å²) < 4.78 is 0. The molecule has 1 fully saturated rings. The van der Waals surface area contributed by atoms with Gasteiger partial charge in [-0.3, -0.25) is 0 Å². The number of hydrogen-bond acceptors (Lipinski definition) is 1. The molecule has 1 aliphatic rings. The highest BCUT2D eigenvalue weighted by atomic mass is 16.1. The van der Waals surface area contributed by atoms with Crippen LogP contribution in [0.3, 0.4) is 0 Å². The van der Waals surface area contributed by atoms with Crippen molar-refractivity contribution in [2.45, 2.75) is 77.6 Å². The Hall–Kier alpha value is -1.37. The molecule has 1 aromatic rings. The minimum absolute atomic E-state index is 0.00590. The Bertz CT molecular complexity index is 526. The lowest BCUT2D eigenvalue weighted by atomic mass is 9.66. The smallest absolute Gasteiger partial charge is 0.120 e. The van der Waals surface area contributed by atoms with E-state index in [0.29, 0.717) is 12.3 Å². The Morgan fingerprint density at radius 1 is 1.04 bits per heavy atom. The molecule has 1 nitrogen and oxygen atoms in total. The second kappa shape index (κ2) is 8.65. The van der Waals surface area contributed by atoms with Crippen LogP contribution >= 0.6 is 0 Å². The van der Waals surface area contributed by atoms with Crippen LogP contribution < -0.4 is 0 Å². The first-order valence-corrected chi connectivity index (χ1v) is 9.73. The summed E-state index contributed by atoms with van der Waals surface area (Å²) in [4.78, 5) is 11.3. The maximum Gasteiger partial charge on any atom is 0.120 e. The van der Waals surface area contributed by atoms with E-state index in [4.69, 9.17) is 0 Å². The zero-order chi connectivity index (χ0) is 17.5. The monoisotopic (exact) mass is 326 g/mol. The third-order valence-electron chi connectivity index (χ3n) is 6.10. The van der Waals surface area contributed by atoms with Crippen LogP contribution in [0, 0.1) is 11.3 Å². The van der Waals surface area contributed by atoms with Gasteiger partial charge >= 0.3 is 0 Å². The maximum absolute atomic E-state index is 11.3. The van der Waals surface area contributed by atoms with E-state index in [9.17, 15) is 4.79 Å². The van der Waals surface area contributed by atoms with Crippen molar-refractivity contribution in [1.29, 1.82) is 0 Å². The van der Waals surface area contributed by atoms with Crippen molar-refractivity contribution >= 4 is 6.29 Å². The van der Waals surface area contributed by atoms with Gasteiger partial charge in [-0.15, -0.1) is 0 Å². The zero-order valence-corrected chi connectivity index (χ0v) is 15.8. The van der Waals surface area contributed by atoms with Gasteiger partial charge in [0.25, 0.3) is 0 Å². The summed E-state index contributed by atoms with van der Waals surface area (Å²) in [5, 5.41) is 0. The fraction of sp³-hybridized carbons (Fsp3) is 0.609. The third-order valence-corrected chi connectivity index (χ3v) is 6.10. The SMILES string of the molecule is CCC[C@@](C)(/C=C/[C@@](C)(CC=O)C1CCCCC1)c1ccccc1. The summed E-state index contributed by atoms with van der Waals surface area (Å²) in [6.45, 7) is 6.89. The molecule has 2 rings (SSSR count). The van der Waals surface area contributed by atoms with Crippen molar-refractivity contribution in [3.05, 3.63) is 48.0 Å². The van der Waals surface area contributed by atoms with Crippen LogP contribution in [0.2, 0.25) is 0 Å². The number of aldehydes is 1. The van der Waals surface area contributed by atoms with Crippen molar-refractivity contribution in [3.8, 4) is 0 Å². The molecule has 0 radical (unpaired) electrons. The van der Waals surface area contributed by atoms with Crippen molar-refractivity contribution in [2.24, 2.45) is 11.3 Å². The fourth-order valence-electron chi connectivity index (χ4n) is 4.35. The minimum Gasteiger partial charge on any atom is -0.303 e. The molecule has 132 valence electrons. The average molecular weight is 327 g/mol. The molecule has 0 heterocycles. The van der Waals surface area contributed by atoms with Crippen LogP contribution in [-0.4, -0.2) is 6.29 Å². The number of benzene rings is 1. The predicted molar refractivity (Wildman–Crippen MR) is 103 cm³/mol.